The van der Waals surface area contributed by atoms with Crippen LogP contribution in [0.3, 0.4) is 0 Å². The third-order valence-corrected chi connectivity index (χ3v) is 17.0. The predicted octanol–water partition coefficient (Wildman–Crippen LogP) is 10.1. The summed E-state index contributed by atoms with van der Waals surface area (Å²) in [5.74, 6) is -3.23. The molecular formula is C74H101F2LiN4O12. The number of aryl methyl sites for hydroxylation is 6. The number of ketones is 2. The van der Waals surface area contributed by atoms with Crippen molar-refractivity contribution >= 4 is 23.5 Å². The number of Topliss-reactive ketones (excluding diaryl/α,β-unsaturated/α-hetero) is 2. The third kappa shape index (κ3) is 21.7. The molecule has 504 valence electrons. The molecule has 6 aromatic rings. The second-order valence-corrected chi connectivity index (χ2v) is 25.8. The smallest absolute Gasteiger partial charge is 0.870 e. The summed E-state index contributed by atoms with van der Waals surface area (Å²) >= 11 is 0. The summed E-state index contributed by atoms with van der Waals surface area (Å²) in [6.07, 6.45) is 4.94. The Hall–Kier alpha value is -7.04. The number of pyridine rings is 2. The number of rotatable bonds is 29. The molecule has 0 fully saturated rings. The van der Waals surface area contributed by atoms with E-state index in [9.17, 15) is 33.9 Å². The summed E-state index contributed by atoms with van der Waals surface area (Å²) < 4.78 is 51.4. The molecule has 0 bridgehead atoms. The van der Waals surface area contributed by atoms with Gasteiger partial charge in [0.05, 0.1) is 45.8 Å². The summed E-state index contributed by atoms with van der Waals surface area (Å²) in [6, 6.07) is 16.2. The fraction of sp³-hybridized carbons (Fsp3) is 0.486. The molecule has 0 saturated carbocycles. The molecule has 2 unspecified atom stereocenters. The number of hydrogen-bond donors (Lipinski definition) is 1. The Balaban J connectivity index is 0.000000614. The summed E-state index contributed by atoms with van der Waals surface area (Å²) in [5, 5.41) is 9.87. The van der Waals surface area contributed by atoms with Crippen molar-refractivity contribution in [3.63, 3.8) is 0 Å². The minimum Gasteiger partial charge on any atom is -0.870 e. The van der Waals surface area contributed by atoms with E-state index >= 15 is 8.78 Å². The molecule has 6 rings (SSSR count). The van der Waals surface area contributed by atoms with Crippen molar-refractivity contribution in [2.45, 2.75) is 165 Å². The average molecular weight is 1280 g/mol. The molecule has 0 saturated heterocycles. The summed E-state index contributed by atoms with van der Waals surface area (Å²) in [6.45, 7) is 26.4. The number of carboxylic acid groups (broad SMARTS) is 1. The Morgan fingerprint density at radius 1 is 0.548 bits per heavy atom. The van der Waals surface area contributed by atoms with E-state index in [1.807, 2.05) is 128 Å². The van der Waals surface area contributed by atoms with Gasteiger partial charge in [0.2, 0.25) is 0 Å². The van der Waals surface area contributed by atoms with Crippen molar-refractivity contribution in [3.8, 4) is 33.8 Å². The number of aliphatic carboxylic acids is 1. The third-order valence-electron chi connectivity index (χ3n) is 17.0. The Morgan fingerprint density at radius 3 is 1.24 bits per heavy atom. The topological polar surface area (TPSA) is 228 Å². The number of methoxy groups -OCH3 is 2. The van der Waals surface area contributed by atoms with Gasteiger partial charge in [0, 0.05) is 62.3 Å². The van der Waals surface area contributed by atoms with Gasteiger partial charge in [-0.1, -0.05) is 39.8 Å². The number of nitrogens with zero attached hydrogens (tertiary/aromatic N) is 4. The molecule has 0 spiro atoms. The van der Waals surface area contributed by atoms with Gasteiger partial charge in [0.15, 0.2) is 11.6 Å². The molecule has 0 radical (unpaired) electrons. The summed E-state index contributed by atoms with van der Waals surface area (Å²) in [5.41, 5.74) is 11.5. The van der Waals surface area contributed by atoms with Gasteiger partial charge in [0.1, 0.15) is 23.1 Å². The molecule has 19 heteroatoms. The number of benzene rings is 4. The quantitative estimate of drug-likeness (QED) is 0.0341. The number of carboxylic acids is 1. The van der Waals surface area contributed by atoms with E-state index in [4.69, 9.17) is 14.2 Å². The fourth-order valence-corrected chi connectivity index (χ4v) is 12.2. The van der Waals surface area contributed by atoms with E-state index < -0.39 is 53.9 Å². The van der Waals surface area contributed by atoms with Gasteiger partial charge in [-0.2, -0.15) is 0 Å². The number of ether oxygens (including phenoxy) is 3. The number of likely N-dealkylation sites (N-methyl/N-ethyl adjacent to an activating group) is 2. The van der Waals surface area contributed by atoms with Crippen molar-refractivity contribution in [1.82, 2.24) is 18.9 Å². The summed E-state index contributed by atoms with van der Waals surface area (Å²) in [7, 11) is 11.1. The number of aromatic nitrogens is 2. The average Bonchev–Trinajstić information content (AvgIpc) is 0.805. The van der Waals surface area contributed by atoms with Crippen molar-refractivity contribution in [1.29, 1.82) is 0 Å². The van der Waals surface area contributed by atoms with Gasteiger partial charge in [-0.25, -0.2) is 8.78 Å². The predicted molar refractivity (Wildman–Crippen MR) is 361 cm³/mol. The molecule has 0 aliphatic heterocycles. The minimum atomic E-state index is -1.13. The molecule has 4 N–H and O–H groups in total. The standard InChI is InChI=1S/C38H51FN2O5.C36H47FN2O5.Li.2H2O/c1-11-46-36(44)21-29(31-19-30(17-26(6)38(31)39)37-24(4)12-13-34(45-10)27(37)7)20-33(42)32(16-23(2)3)41-22-28(14-15-40(8)9)25(5)18-35(41)43;1-21(2)14-30(39-20-26(12-13-38(7)8)23(4)16-33(39)41)31(40)18-27(19-34(42)43)29-17-28(15-24(5)36(29)37)35-22(3)10-11-32(44-9)25(35)6;;;/h12-13,17-19,22-23,29,32H,11,14-16,20-21H2,1-10H3;10-11,15-17,20-21,27,30H,12-14,18-19H2,1-9H3,(H,42,43);;2*1H2/q;;+1;;/p-1/t29-,32?;27-,30?;;;/m00.../s1. The second-order valence-electron chi connectivity index (χ2n) is 25.8. The monoisotopic (exact) mass is 1280 g/mol. The van der Waals surface area contributed by atoms with Crippen molar-refractivity contribution in [3.05, 3.63) is 172 Å². The summed E-state index contributed by atoms with van der Waals surface area (Å²) in [4.78, 5) is 84.1. The first-order valence-electron chi connectivity index (χ1n) is 31.4. The molecular weight excluding hydrogens is 1180 g/mol. The molecule has 16 nitrogen and oxygen atoms in total. The molecule has 2 aromatic heterocycles. The first-order valence-corrected chi connectivity index (χ1v) is 31.4. The molecule has 4 atom stereocenters. The SMILES string of the molecule is CCOC(=O)C[C@H](CC(=O)C(CC(C)C)n1cc(CCN(C)C)c(C)cc1=O)c1cc(-c2c(C)ccc(OC)c2C)cc(C)c1F.COc1ccc(C)c(-c2cc(C)c(F)c([C@H](CC(=O)O)CC(=O)C(CC(C)C)n3cc(CCN(C)C)c(C)cc3=O)c2)c1C.O.[Li+].[OH-]. The van der Waals surface area contributed by atoms with Crippen molar-refractivity contribution < 1.29 is 77.1 Å². The van der Waals surface area contributed by atoms with Gasteiger partial charge in [-0.3, -0.25) is 28.8 Å². The number of esters is 1. The van der Waals surface area contributed by atoms with Crippen LogP contribution < -0.4 is 39.5 Å². The van der Waals surface area contributed by atoms with E-state index in [2.05, 4.69) is 9.80 Å². The van der Waals surface area contributed by atoms with Gasteiger partial charge >= 0.3 is 30.8 Å². The number of carbonyl (C=O) groups excluding carboxylic acids is 3. The molecule has 0 aliphatic carbocycles. The Kier molecular flexibility index (Phi) is 32.8. The van der Waals surface area contributed by atoms with E-state index in [1.54, 1.807) is 82.2 Å². The van der Waals surface area contributed by atoms with Crippen LogP contribution in [0.4, 0.5) is 8.78 Å². The first-order chi connectivity index (χ1) is 42.3. The van der Waals surface area contributed by atoms with Crippen molar-refractivity contribution in [2.75, 3.05) is 62.1 Å². The largest absolute Gasteiger partial charge is 1.00 e. The molecule has 0 aliphatic rings. The van der Waals surface area contributed by atoms with Crippen LogP contribution in [-0.4, -0.2) is 121 Å². The second kappa shape index (κ2) is 37.2. The van der Waals surface area contributed by atoms with Crippen LogP contribution >= 0.6 is 0 Å². The van der Waals surface area contributed by atoms with Crippen LogP contribution in [0.1, 0.15) is 164 Å². The van der Waals surface area contributed by atoms with Crippen LogP contribution in [0.2, 0.25) is 0 Å². The van der Waals surface area contributed by atoms with Crippen LogP contribution in [0.5, 0.6) is 11.5 Å². The van der Waals surface area contributed by atoms with Gasteiger partial charge < -0.3 is 49.2 Å². The maximum absolute atomic E-state index is 16.1. The van der Waals surface area contributed by atoms with E-state index in [1.165, 1.54) is 4.57 Å². The zero-order chi connectivity index (χ0) is 67.2. The molecule has 2 heterocycles. The van der Waals surface area contributed by atoms with E-state index in [0.717, 1.165) is 86.3 Å². The van der Waals surface area contributed by atoms with Crippen LogP contribution in [0, 0.1) is 78.9 Å². The Morgan fingerprint density at radius 2 is 0.914 bits per heavy atom. The number of carbonyl (C=O) groups is 4. The normalized spacial score (nSPS) is 12.4. The molecule has 93 heavy (non-hydrogen) atoms. The van der Waals surface area contributed by atoms with E-state index in [0.29, 0.717) is 41.9 Å². The maximum atomic E-state index is 16.1. The van der Waals surface area contributed by atoms with E-state index in [-0.39, 0.29) is 101 Å². The van der Waals surface area contributed by atoms with Gasteiger partial charge in [-0.05, 0) is 253 Å². The Bertz CT molecular complexity index is 3670. The van der Waals surface area contributed by atoms with Crippen LogP contribution in [-0.2, 0) is 36.8 Å². The maximum Gasteiger partial charge on any atom is 1.00 e. The fourth-order valence-electron chi connectivity index (χ4n) is 12.2. The first kappa shape index (κ1) is 82.0. The van der Waals surface area contributed by atoms with Crippen LogP contribution in [0.25, 0.3) is 22.3 Å². The number of hydrogen-bond acceptors (Lipinski definition) is 12. The minimum absolute atomic E-state index is 0. The molecule has 4 aromatic carbocycles. The Labute approximate surface area is 561 Å². The zero-order valence-electron chi connectivity index (χ0n) is 58.8. The molecule has 0 amide bonds. The van der Waals surface area contributed by atoms with Crippen molar-refractivity contribution in [2.24, 2.45) is 11.8 Å². The van der Waals surface area contributed by atoms with Gasteiger partial charge in [-0.15, -0.1) is 0 Å². The number of halogens is 2. The zero-order valence-corrected chi connectivity index (χ0v) is 58.8. The van der Waals surface area contributed by atoms with Gasteiger partial charge in [0.25, 0.3) is 11.1 Å². The van der Waals surface area contributed by atoms with Crippen LogP contribution in [0.15, 0.2) is 82.6 Å².